The smallest absolute Gasteiger partial charge is 0.312 e. The van der Waals surface area contributed by atoms with E-state index in [2.05, 4.69) is 31.9 Å². The summed E-state index contributed by atoms with van der Waals surface area (Å²) in [7, 11) is 0. The van der Waals surface area contributed by atoms with Gasteiger partial charge in [-0.3, -0.25) is 9.59 Å². The highest BCUT2D eigenvalue weighted by Gasteiger charge is 2.62. The number of carbonyl (C=O) groups excluding carboxylic acids is 2. The minimum absolute atomic E-state index is 0.0624. The SMILES string of the molecule is CCOC(=O)[C@@H]1C[C@@]1(F)c1ccc(Br)c(F)c1.CCOC(=O)[C@@H]1C[C@]1(F)c1ccc(Br)c(F)c1. The Labute approximate surface area is 211 Å². The van der Waals surface area contributed by atoms with Gasteiger partial charge in [0.1, 0.15) is 23.0 Å². The van der Waals surface area contributed by atoms with Crippen LogP contribution in [0.15, 0.2) is 45.3 Å². The van der Waals surface area contributed by atoms with Gasteiger partial charge in [0, 0.05) is 12.8 Å². The summed E-state index contributed by atoms with van der Waals surface area (Å²) in [6.07, 6.45) is 0.125. The number of rotatable bonds is 6. The first-order valence-corrected chi connectivity index (χ1v) is 12.2. The van der Waals surface area contributed by atoms with Crippen LogP contribution in [-0.2, 0) is 30.4 Å². The molecule has 4 rings (SSSR count). The second-order valence-electron chi connectivity index (χ2n) is 8.00. The molecule has 0 N–H and O–H groups in total. The average molecular weight is 610 g/mol. The Kier molecular flexibility index (Phi) is 8.12. The van der Waals surface area contributed by atoms with Crippen molar-refractivity contribution in [1.29, 1.82) is 0 Å². The van der Waals surface area contributed by atoms with Gasteiger partial charge in [-0.05, 0) is 81.1 Å². The summed E-state index contributed by atoms with van der Waals surface area (Å²) in [6.45, 7) is 3.78. The van der Waals surface area contributed by atoms with Gasteiger partial charge < -0.3 is 9.47 Å². The summed E-state index contributed by atoms with van der Waals surface area (Å²) in [5.41, 5.74) is -3.16. The Bertz CT molecular complexity index is 1010. The first kappa shape index (κ1) is 26.7. The van der Waals surface area contributed by atoms with Gasteiger partial charge in [0.05, 0.1) is 34.0 Å². The van der Waals surface area contributed by atoms with E-state index in [-0.39, 0.29) is 46.1 Å². The fraction of sp³-hybridized carbons (Fsp3) is 0.417. The standard InChI is InChI=1S/2C12H11BrF2O2/c2*1-2-17-11(16)8-6-12(8,15)7-3-4-9(13)10(14)5-7/h2*3-5,8H,2,6H2,1H3/t8-,12+;8-,12-/m00/s1. The Morgan fingerprint density at radius 2 is 1.18 bits per heavy atom. The zero-order chi connectivity index (χ0) is 25.3. The van der Waals surface area contributed by atoms with Crippen LogP contribution in [0.4, 0.5) is 17.6 Å². The number of carbonyl (C=O) groups is 2. The molecular formula is C24H22Br2F4O4. The molecule has 0 heterocycles. The second-order valence-corrected chi connectivity index (χ2v) is 9.71. The first-order chi connectivity index (χ1) is 16.0. The zero-order valence-corrected chi connectivity index (χ0v) is 21.5. The van der Waals surface area contributed by atoms with Crippen molar-refractivity contribution in [2.45, 2.75) is 38.0 Å². The fourth-order valence-electron chi connectivity index (χ4n) is 3.65. The number of hydrogen-bond acceptors (Lipinski definition) is 4. The lowest BCUT2D eigenvalue weighted by Crippen LogP contribution is -2.13. The number of alkyl halides is 2. The topological polar surface area (TPSA) is 52.6 Å². The van der Waals surface area contributed by atoms with Crippen LogP contribution in [0.1, 0.15) is 37.8 Å². The summed E-state index contributed by atoms with van der Waals surface area (Å²) in [5.74, 6) is -3.79. The van der Waals surface area contributed by atoms with Gasteiger partial charge in [-0.2, -0.15) is 0 Å². The van der Waals surface area contributed by atoms with Crippen molar-refractivity contribution in [1.82, 2.24) is 0 Å². The first-order valence-electron chi connectivity index (χ1n) is 10.6. The molecule has 0 bridgehead atoms. The van der Waals surface area contributed by atoms with Gasteiger partial charge >= 0.3 is 11.9 Å². The van der Waals surface area contributed by atoms with Crippen LogP contribution in [0.3, 0.4) is 0 Å². The molecular weight excluding hydrogens is 588 g/mol. The Morgan fingerprint density at radius 3 is 1.47 bits per heavy atom. The molecule has 2 aromatic carbocycles. The molecule has 2 aromatic rings. The van der Waals surface area contributed by atoms with Crippen molar-refractivity contribution in [3.8, 4) is 0 Å². The number of benzene rings is 2. The minimum Gasteiger partial charge on any atom is -0.466 e. The lowest BCUT2D eigenvalue weighted by atomic mass is 10.1. The Balaban J connectivity index is 0.000000191. The third kappa shape index (κ3) is 5.48. The number of hydrogen-bond donors (Lipinski definition) is 0. The molecule has 34 heavy (non-hydrogen) atoms. The van der Waals surface area contributed by atoms with Gasteiger partial charge in [-0.1, -0.05) is 12.1 Å². The van der Waals surface area contributed by atoms with E-state index < -0.39 is 46.7 Å². The summed E-state index contributed by atoms with van der Waals surface area (Å²) in [4.78, 5) is 22.8. The van der Waals surface area contributed by atoms with E-state index in [1.54, 1.807) is 13.8 Å². The van der Waals surface area contributed by atoms with E-state index in [4.69, 9.17) is 9.47 Å². The van der Waals surface area contributed by atoms with Crippen molar-refractivity contribution >= 4 is 43.8 Å². The van der Waals surface area contributed by atoms with Crippen LogP contribution in [0.25, 0.3) is 0 Å². The quantitative estimate of drug-likeness (QED) is 0.271. The molecule has 0 aromatic heterocycles. The molecule has 184 valence electrons. The van der Waals surface area contributed by atoms with Crippen molar-refractivity contribution in [3.63, 3.8) is 0 Å². The van der Waals surface area contributed by atoms with E-state index in [1.165, 1.54) is 24.3 Å². The largest absolute Gasteiger partial charge is 0.466 e. The Hall–Kier alpha value is -1.94. The molecule has 2 fully saturated rings. The zero-order valence-electron chi connectivity index (χ0n) is 18.3. The van der Waals surface area contributed by atoms with Crippen molar-refractivity contribution in [2.75, 3.05) is 13.2 Å². The maximum atomic E-state index is 14.3. The molecule has 2 aliphatic rings. The minimum atomic E-state index is -1.77. The highest BCUT2D eigenvalue weighted by Crippen LogP contribution is 2.57. The monoisotopic (exact) mass is 608 g/mol. The van der Waals surface area contributed by atoms with Crippen LogP contribution in [0.2, 0.25) is 0 Å². The molecule has 0 radical (unpaired) electrons. The summed E-state index contributed by atoms with van der Waals surface area (Å²) in [5, 5.41) is 0. The van der Waals surface area contributed by atoms with E-state index in [1.807, 2.05) is 0 Å². The van der Waals surface area contributed by atoms with E-state index in [9.17, 15) is 27.2 Å². The molecule has 2 aliphatic carbocycles. The predicted molar refractivity (Wildman–Crippen MR) is 123 cm³/mol. The lowest BCUT2D eigenvalue weighted by molar-refractivity contribution is -0.146. The van der Waals surface area contributed by atoms with Crippen LogP contribution in [-0.4, -0.2) is 25.2 Å². The third-order valence-corrected chi connectivity index (χ3v) is 7.01. The van der Waals surface area contributed by atoms with Crippen LogP contribution in [0, 0.1) is 23.5 Å². The fourth-order valence-corrected chi connectivity index (χ4v) is 4.14. The number of ether oxygens (including phenoxy) is 2. The van der Waals surface area contributed by atoms with Gasteiger partial charge in [-0.15, -0.1) is 0 Å². The van der Waals surface area contributed by atoms with Crippen molar-refractivity contribution in [2.24, 2.45) is 11.8 Å². The van der Waals surface area contributed by atoms with Crippen LogP contribution in [0.5, 0.6) is 0 Å². The summed E-state index contributed by atoms with van der Waals surface area (Å²) >= 11 is 5.99. The maximum Gasteiger partial charge on any atom is 0.312 e. The second kappa shape index (κ2) is 10.4. The highest BCUT2D eigenvalue weighted by molar-refractivity contribution is 9.10. The molecule has 0 aliphatic heterocycles. The average Bonchev–Trinajstić information content (AvgIpc) is 3.68. The number of esters is 2. The number of halogens is 6. The molecule has 0 saturated heterocycles. The predicted octanol–water partition coefficient (Wildman–Crippen LogP) is 6.67. The molecule has 0 amide bonds. The van der Waals surface area contributed by atoms with Gasteiger partial charge in [-0.25, -0.2) is 17.6 Å². The maximum absolute atomic E-state index is 14.3. The van der Waals surface area contributed by atoms with Crippen molar-refractivity contribution in [3.05, 3.63) is 68.1 Å². The molecule has 2 saturated carbocycles. The van der Waals surface area contributed by atoms with Gasteiger partial charge in [0.15, 0.2) is 0 Å². The van der Waals surface area contributed by atoms with E-state index >= 15 is 0 Å². The summed E-state index contributed by atoms with van der Waals surface area (Å²) < 4.78 is 65.2. The summed E-state index contributed by atoms with van der Waals surface area (Å²) in [6, 6.07) is 8.06. The highest BCUT2D eigenvalue weighted by atomic mass is 79.9. The van der Waals surface area contributed by atoms with Gasteiger partial charge in [0.25, 0.3) is 0 Å². The van der Waals surface area contributed by atoms with E-state index in [0.29, 0.717) is 0 Å². The molecule has 10 heteroatoms. The van der Waals surface area contributed by atoms with Crippen LogP contribution >= 0.6 is 31.9 Å². The normalized spacial score (nSPS) is 26.7. The molecule has 4 nitrogen and oxygen atoms in total. The van der Waals surface area contributed by atoms with Gasteiger partial charge in [0.2, 0.25) is 0 Å². The van der Waals surface area contributed by atoms with Crippen molar-refractivity contribution < 1.29 is 36.6 Å². The third-order valence-electron chi connectivity index (χ3n) is 5.73. The Morgan fingerprint density at radius 1 is 0.824 bits per heavy atom. The van der Waals surface area contributed by atoms with E-state index in [0.717, 1.165) is 12.1 Å². The van der Waals surface area contributed by atoms with Crippen LogP contribution < -0.4 is 0 Å². The molecule has 4 atom stereocenters. The lowest BCUT2D eigenvalue weighted by Gasteiger charge is -2.08. The molecule has 0 spiro atoms. The molecule has 0 unspecified atom stereocenters.